The summed E-state index contributed by atoms with van der Waals surface area (Å²) in [4.78, 5) is 32.3. The molecule has 2 amide bonds. The number of carbonyl (C=O) groups excluding carboxylic acids is 2. The second-order valence-corrected chi connectivity index (χ2v) is 11.1. The molecule has 1 unspecified atom stereocenters. The quantitative estimate of drug-likeness (QED) is 0.176. The second kappa shape index (κ2) is 11.4. The summed E-state index contributed by atoms with van der Waals surface area (Å²) in [6.07, 6.45) is 6.26. The first-order valence-corrected chi connectivity index (χ1v) is 14.7. The predicted octanol–water partition coefficient (Wildman–Crippen LogP) is 6.77. The van der Waals surface area contributed by atoms with Crippen molar-refractivity contribution >= 4 is 45.6 Å². The van der Waals surface area contributed by atoms with Crippen molar-refractivity contribution < 1.29 is 9.59 Å². The van der Waals surface area contributed by atoms with Gasteiger partial charge in [-0.05, 0) is 85.4 Å². The highest BCUT2D eigenvalue weighted by Crippen LogP contribution is 2.50. The first-order chi connectivity index (χ1) is 19.3. The lowest BCUT2D eigenvalue weighted by molar-refractivity contribution is -0.133. The Morgan fingerprint density at radius 2 is 1.43 bits per heavy atom. The number of nitrogens with zero attached hydrogens (tertiary/aromatic N) is 3. The first-order valence-electron chi connectivity index (χ1n) is 14.3. The summed E-state index contributed by atoms with van der Waals surface area (Å²) in [5.74, 6) is -0.636. The summed E-state index contributed by atoms with van der Waals surface area (Å²) < 4.78 is 0. The number of para-hydroxylation sites is 1. The Bertz CT molecular complexity index is 1540. The Morgan fingerprint density at radius 3 is 2.15 bits per heavy atom. The lowest BCUT2D eigenvalue weighted by Gasteiger charge is -2.36. The van der Waals surface area contributed by atoms with Crippen LogP contribution in [0, 0.1) is 0 Å². The predicted molar refractivity (Wildman–Crippen MR) is 167 cm³/mol. The van der Waals surface area contributed by atoms with Gasteiger partial charge in [-0.15, -0.1) is 0 Å². The number of anilines is 1. The lowest BCUT2D eigenvalue weighted by Crippen LogP contribution is -2.56. The van der Waals surface area contributed by atoms with Gasteiger partial charge in [-0.2, -0.15) is 0 Å². The van der Waals surface area contributed by atoms with E-state index in [-0.39, 0.29) is 22.8 Å². The van der Waals surface area contributed by atoms with E-state index in [4.69, 9.17) is 12.2 Å². The molecule has 0 aromatic heterocycles. The minimum absolute atomic E-state index is 0.164. The van der Waals surface area contributed by atoms with Crippen LogP contribution in [-0.2, 0) is 21.4 Å². The van der Waals surface area contributed by atoms with Gasteiger partial charge < -0.3 is 4.90 Å². The molecule has 2 aliphatic heterocycles. The van der Waals surface area contributed by atoms with Crippen molar-refractivity contribution in [3.63, 3.8) is 0 Å². The molecule has 0 spiro atoms. The van der Waals surface area contributed by atoms with Crippen LogP contribution in [0.5, 0.6) is 0 Å². The lowest BCUT2D eigenvalue weighted by atomic mass is 9.76. The summed E-state index contributed by atoms with van der Waals surface area (Å²) in [5, 5.41) is 2.74. The zero-order valence-corrected chi connectivity index (χ0v) is 24.6. The van der Waals surface area contributed by atoms with Crippen LogP contribution in [0.15, 0.2) is 90.2 Å². The molecule has 0 saturated carbocycles. The fraction of sp³-hybridized carbons (Fsp3) is 0.324. The third-order valence-corrected chi connectivity index (χ3v) is 8.49. The molecule has 40 heavy (non-hydrogen) atoms. The van der Waals surface area contributed by atoms with E-state index < -0.39 is 0 Å². The molecule has 1 saturated heterocycles. The Balaban J connectivity index is 1.63. The Hall–Kier alpha value is -3.77. The molecule has 5 nitrogen and oxygen atoms in total. The van der Waals surface area contributed by atoms with Gasteiger partial charge in [-0.1, -0.05) is 74.5 Å². The Labute approximate surface area is 242 Å². The molecule has 6 heteroatoms. The largest absolute Gasteiger partial charge is 0.344 e. The number of hydrogen-bond acceptors (Lipinski definition) is 4. The minimum Gasteiger partial charge on any atom is -0.344 e. The summed E-state index contributed by atoms with van der Waals surface area (Å²) >= 11 is 5.51. The highest BCUT2D eigenvalue weighted by atomic mass is 32.1. The standard InChI is InChI=1S/C34H37N3O2S/c1-5-20-36-29-15-11-10-14-28(29)34(4,23-24-16-17-25-12-8-9-13-26(25)22-24)30(36)19-18-27-31(38)35(7-3)33(40)37(21-6-2)32(27)39/h8-19,22H,5-7,20-21,23H2,1-4H3/b27-18-,30-19+. The maximum absolute atomic E-state index is 13.5. The number of thiocarbonyl (C=S) groups is 1. The Morgan fingerprint density at radius 1 is 0.775 bits per heavy atom. The van der Waals surface area contributed by atoms with Crippen LogP contribution in [-0.4, -0.2) is 46.4 Å². The number of fused-ring (bicyclic) bond motifs is 2. The molecule has 5 rings (SSSR count). The highest BCUT2D eigenvalue weighted by molar-refractivity contribution is 7.80. The molecule has 0 bridgehead atoms. The van der Waals surface area contributed by atoms with Gasteiger partial charge in [0.1, 0.15) is 5.57 Å². The summed E-state index contributed by atoms with van der Waals surface area (Å²) in [7, 11) is 0. The number of amides is 2. The average molecular weight is 552 g/mol. The summed E-state index contributed by atoms with van der Waals surface area (Å²) in [6, 6.07) is 23.7. The van der Waals surface area contributed by atoms with Crippen molar-refractivity contribution in [3.05, 3.63) is 101 Å². The van der Waals surface area contributed by atoms with Crippen LogP contribution in [0.2, 0.25) is 0 Å². The highest BCUT2D eigenvalue weighted by Gasteiger charge is 2.44. The van der Waals surface area contributed by atoms with Crippen LogP contribution in [0.3, 0.4) is 0 Å². The van der Waals surface area contributed by atoms with E-state index in [1.165, 1.54) is 32.5 Å². The molecule has 3 aromatic rings. The molecular weight excluding hydrogens is 514 g/mol. The third-order valence-electron chi connectivity index (χ3n) is 8.05. The molecular formula is C34H37N3O2S. The number of likely N-dealkylation sites (N-methyl/N-ethyl adjacent to an activating group) is 1. The van der Waals surface area contributed by atoms with E-state index in [0.717, 1.165) is 31.5 Å². The minimum atomic E-state index is -0.352. The van der Waals surface area contributed by atoms with Crippen molar-refractivity contribution in [3.8, 4) is 0 Å². The van der Waals surface area contributed by atoms with Crippen LogP contribution in [0.1, 0.15) is 51.7 Å². The zero-order chi connectivity index (χ0) is 28.4. The van der Waals surface area contributed by atoms with Gasteiger partial charge >= 0.3 is 0 Å². The fourth-order valence-electron chi connectivity index (χ4n) is 6.13. The molecule has 0 N–H and O–H groups in total. The third kappa shape index (κ3) is 4.75. The van der Waals surface area contributed by atoms with E-state index in [9.17, 15) is 9.59 Å². The smallest absolute Gasteiger partial charge is 0.265 e. The molecule has 2 heterocycles. The van der Waals surface area contributed by atoms with Crippen molar-refractivity contribution in [2.24, 2.45) is 0 Å². The van der Waals surface area contributed by atoms with Gasteiger partial charge in [0, 0.05) is 36.4 Å². The maximum atomic E-state index is 13.5. The van der Waals surface area contributed by atoms with Crippen molar-refractivity contribution in [1.82, 2.24) is 9.80 Å². The summed E-state index contributed by atoms with van der Waals surface area (Å²) in [5.41, 5.74) is 4.59. The number of benzene rings is 3. The number of carbonyl (C=O) groups is 2. The zero-order valence-electron chi connectivity index (χ0n) is 23.8. The molecule has 0 radical (unpaired) electrons. The summed E-state index contributed by atoms with van der Waals surface area (Å²) in [6.45, 7) is 10.1. The Kier molecular flexibility index (Phi) is 7.90. The monoisotopic (exact) mass is 551 g/mol. The van der Waals surface area contributed by atoms with Crippen molar-refractivity contribution in [1.29, 1.82) is 0 Å². The van der Waals surface area contributed by atoms with Crippen molar-refractivity contribution in [2.45, 2.75) is 52.4 Å². The molecule has 1 atom stereocenters. The normalized spacial score (nSPS) is 21.3. The van der Waals surface area contributed by atoms with Crippen LogP contribution >= 0.6 is 12.2 Å². The van der Waals surface area contributed by atoms with Crippen LogP contribution in [0.25, 0.3) is 10.8 Å². The average Bonchev–Trinajstić information content (AvgIpc) is 3.18. The van der Waals surface area contributed by atoms with E-state index in [2.05, 4.69) is 85.5 Å². The van der Waals surface area contributed by atoms with Gasteiger partial charge in [-0.25, -0.2) is 0 Å². The van der Waals surface area contributed by atoms with E-state index in [1.54, 1.807) is 11.0 Å². The van der Waals surface area contributed by atoms with Crippen LogP contribution in [0.4, 0.5) is 5.69 Å². The number of rotatable bonds is 8. The van der Waals surface area contributed by atoms with Gasteiger partial charge in [0.15, 0.2) is 5.11 Å². The van der Waals surface area contributed by atoms with E-state index in [0.29, 0.717) is 18.2 Å². The number of hydrogen-bond donors (Lipinski definition) is 0. The topological polar surface area (TPSA) is 43.9 Å². The van der Waals surface area contributed by atoms with E-state index in [1.807, 2.05) is 19.9 Å². The maximum Gasteiger partial charge on any atom is 0.265 e. The SMILES string of the molecule is CCCN1C(=O)/C(=C\C=C2\N(CCC)c3ccccc3C2(C)Cc2ccc3ccccc3c2)C(=O)N(CC)C1=S. The molecule has 206 valence electrons. The number of allylic oxidation sites excluding steroid dienone is 3. The second-order valence-electron chi connectivity index (χ2n) is 10.8. The molecule has 1 fully saturated rings. The van der Waals surface area contributed by atoms with E-state index >= 15 is 0 Å². The van der Waals surface area contributed by atoms with Crippen LogP contribution < -0.4 is 4.90 Å². The van der Waals surface area contributed by atoms with Crippen molar-refractivity contribution in [2.75, 3.05) is 24.5 Å². The first kappa shape index (κ1) is 27.8. The van der Waals surface area contributed by atoms with Gasteiger partial charge in [-0.3, -0.25) is 19.4 Å². The molecule has 3 aromatic carbocycles. The molecule has 2 aliphatic rings. The fourth-order valence-corrected chi connectivity index (χ4v) is 6.51. The van der Waals surface area contributed by atoms with Gasteiger partial charge in [0.05, 0.1) is 0 Å². The van der Waals surface area contributed by atoms with Gasteiger partial charge in [0.2, 0.25) is 0 Å². The molecule has 0 aliphatic carbocycles. The van der Waals surface area contributed by atoms with Gasteiger partial charge in [0.25, 0.3) is 11.8 Å².